The van der Waals surface area contributed by atoms with Gasteiger partial charge in [-0.05, 0) is 49.7 Å². The van der Waals surface area contributed by atoms with Gasteiger partial charge in [-0.25, -0.2) is 5.48 Å². The quantitative estimate of drug-likeness (QED) is 0.355. The highest BCUT2D eigenvalue weighted by Gasteiger charge is 2.08. The summed E-state index contributed by atoms with van der Waals surface area (Å²) >= 11 is 0. The molecule has 0 spiro atoms. The lowest BCUT2D eigenvalue weighted by molar-refractivity contribution is -0.124. The Kier molecular flexibility index (Phi) is 11.1. The number of aromatic nitrogens is 1. The van der Waals surface area contributed by atoms with Gasteiger partial charge in [0.2, 0.25) is 0 Å². The average molecular weight is 375 g/mol. The van der Waals surface area contributed by atoms with E-state index in [1.54, 1.807) is 18.6 Å². The van der Waals surface area contributed by atoms with Crippen LogP contribution in [0.1, 0.15) is 52.0 Å². The minimum Gasteiger partial charge on any atom is -0.305 e. The zero-order valence-corrected chi connectivity index (χ0v) is 17.1. The monoisotopic (exact) mass is 374 g/mol. The molecule has 1 aromatic rings. The van der Waals surface area contributed by atoms with Crippen LogP contribution in [0.25, 0.3) is 11.8 Å². The molecule has 1 aromatic heterocycles. The van der Waals surface area contributed by atoms with Gasteiger partial charge in [-0.2, -0.15) is 0 Å². The summed E-state index contributed by atoms with van der Waals surface area (Å²) in [6, 6.07) is 3.88. The molecule has 6 nitrogen and oxygen atoms in total. The minimum atomic E-state index is -0.556. The number of likely N-dealkylation sites (N-methyl/N-ethyl adjacent to an activating group) is 1. The van der Waals surface area contributed by atoms with E-state index in [0.29, 0.717) is 0 Å². The Bertz CT molecular complexity index is 704. The van der Waals surface area contributed by atoms with Crippen LogP contribution in [0.2, 0.25) is 0 Å². The Morgan fingerprint density at radius 2 is 2.11 bits per heavy atom. The van der Waals surface area contributed by atoms with Crippen molar-refractivity contribution in [2.24, 2.45) is 4.99 Å². The maximum Gasteiger partial charge on any atom is 0.267 e. The number of hydrogen-bond donors (Lipinski definition) is 2. The van der Waals surface area contributed by atoms with Crippen molar-refractivity contribution in [3.63, 3.8) is 0 Å². The van der Waals surface area contributed by atoms with Gasteiger partial charge in [0.05, 0.1) is 0 Å². The number of pyridine rings is 1. The van der Waals surface area contributed by atoms with Crippen LogP contribution in [-0.4, -0.2) is 47.3 Å². The number of allylic oxidation sites excluding steroid dienone is 1. The van der Waals surface area contributed by atoms with Gasteiger partial charge in [0.15, 0.2) is 0 Å². The standard InChI is InChI=1S/C21H34N4O2/c1-5-8-10-19(17-24(7-3)14-9-6-2)25-15-13-18(16-20(25)22-4)11-12-21(26)23-27/h10-13,15-16,27H,5-9,14,17H2,1-4H3,(H,23,26)/b12-11+,19-10+,22-20?. The summed E-state index contributed by atoms with van der Waals surface area (Å²) in [4.78, 5) is 18.1. The van der Waals surface area contributed by atoms with Crippen LogP contribution in [0.5, 0.6) is 0 Å². The zero-order chi connectivity index (χ0) is 20.1. The Morgan fingerprint density at radius 3 is 2.70 bits per heavy atom. The first-order valence-electron chi connectivity index (χ1n) is 9.78. The number of hydrogen-bond acceptors (Lipinski definition) is 4. The maximum absolute atomic E-state index is 11.2. The number of rotatable bonds is 11. The van der Waals surface area contributed by atoms with Gasteiger partial charge in [-0.3, -0.25) is 19.9 Å². The van der Waals surface area contributed by atoms with Gasteiger partial charge in [0.1, 0.15) is 5.49 Å². The second-order valence-corrected chi connectivity index (χ2v) is 6.43. The van der Waals surface area contributed by atoms with Crippen molar-refractivity contribution in [3.8, 4) is 0 Å². The van der Waals surface area contributed by atoms with E-state index in [-0.39, 0.29) is 0 Å². The molecule has 0 aliphatic heterocycles. The van der Waals surface area contributed by atoms with Crippen LogP contribution in [0.15, 0.2) is 35.5 Å². The van der Waals surface area contributed by atoms with E-state index in [4.69, 9.17) is 5.21 Å². The van der Waals surface area contributed by atoms with Gasteiger partial charge >= 0.3 is 0 Å². The van der Waals surface area contributed by atoms with Crippen molar-refractivity contribution in [1.82, 2.24) is 14.9 Å². The van der Waals surface area contributed by atoms with Crippen molar-refractivity contribution in [2.75, 3.05) is 26.7 Å². The fourth-order valence-electron chi connectivity index (χ4n) is 2.74. The molecule has 0 bridgehead atoms. The van der Waals surface area contributed by atoms with Crippen molar-refractivity contribution < 1.29 is 10.0 Å². The number of carbonyl (C=O) groups excluding carboxylic acids is 1. The summed E-state index contributed by atoms with van der Waals surface area (Å²) in [5.41, 5.74) is 4.49. The predicted molar refractivity (Wildman–Crippen MR) is 111 cm³/mol. The lowest BCUT2D eigenvalue weighted by Gasteiger charge is -2.23. The number of nitrogens with zero attached hydrogens (tertiary/aromatic N) is 3. The average Bonchev–Trinajstić information content (AvgIpc) is 2.71. The number of amides is 1. The molecule has 27 heavy (non-hydrogen) atoms. The van der Waals surface area contributed by atoms with E-state index in [1.165, 1.54) is 24.6 Å². The fraction of sp³-hybridized carbons (Fsp3) is 0.524. The van der Waals surface area contributed by atoms with E-state index in [0.717, 1.165) is 43.5 Å². The molecule has 0 saturated heterocycles. The summed E-state index contributed by atoms with van der Waals surface area (Å²) in [5.74, 6) is -0.556. The van der Waals surface area contributed by atoms with Gasteiger partial charge < -0.3 is 4.57 Å². The van der Waals surface area contributed by atoms with Crippen molar-refractivity contribution >= 4 is 17.7 Å². The molecule has 150 valence electrons. The molecule has 0 saturated carbocycles. The molecular weight excluding hydrogens is 340 g/mol. The number of carbonyl (C=O) groups is 1. The molecule has 2 N–H and O–H groups in total. The third-order valence-corrected chi connectivity index (χ3v) is 4.36. The highest BCUT2D eigenvalue weighted by molar-refractivity contribution is 5.90. The molecule has 0 atom stereocenters. The highest BCUT2D eigenvalue weighted by Crippen LogP contribution is 2.10. The first kappa shape index (κ1) is 22.9. The zero-order valence-electron chi connectivity index (χ0n) is 17.1. The summed E-state index contributed by atoms with van der Waals surface area (Å²) in [6.07, 6.45) is 11.7. The molecule has 0 radical (unpaired) electrons. The smallest absolute Gasteiger partial charge is 0.267 e. The van der Waals surface area contributed by atoms with E-state index < -0.39 is 5.91 Å². The van der Waals surface area contributed by atoms with E-state index in [9.17, 15) is 4.79 Å². The summed E-state index contributed by atoms with van der Waals surface area (Å²) in [5, 5.41) is 8.60. The Morgan fingerprint density at radius 1 is 1.33 bits per heavy atom. The van der Waals surface area contributed by atoms with E-state index in [1.807, 2.05) is 18.3 Å². The number of nitrogens with one attached hydrogen (secondary N) is 1. The SMILES string of the molecule is CCC/C=C(\CN(CC)CCCC)n1ccc(/C=C/C(=O)NO)cc1=NC. The second kappa shape index (κ2) is 13.1. The Labute approximate surface area is 162 Å². The van der Waals surface area contributed by atoms with Crippen LogP contribution >= 0.6 is 0 Å². The maximum atomic E-state index is 11.2. The summed E-state index contributed by atoms with van der Waals surface area (Å²) < 4.78 is 2.12. The predicted octanol–water partition coefficient (Wildman–Crippen LogP) is 3.30. The van der Waals surface area contributed by atoms with Crippen LogP contribution in [0, 0.1) is 0 Å². The van der Waals surface area contributed by atoms with Crippen LogP contribution in [-0.2, 0) is 4.79 Å². The Hall–Kier alpha value is -2.18. The number of hydroxylamine groups is 1. The molecule has 6 heteroatoms. The summed E-state index contributed by atoms with van der Waals surface area (Å²) in [7, 11) is 1.77. The lowest BCUT2D eigenvalue weighted by Crippen LogP contribution is -2.31. The van der Waals surface area contributed by atoms with E-state index >= 15 is 0 Å². The first-order chi connectivity index (χ1) is 13.1. The number of unbranched alkanes of at least 4 members (excludes halogenated alkanes) is 2. The molecule has 1 rings (SSSR count). The largest absolute Gasteiger partial charge is 0.305 e. The molecular formula is C21H34N4O2. The molecule has 0 fully saturated rings. The van der Waals surface area contributed by atoms with Crippen LogP contribution in [0.4, 0.5) is 0 Å². The van der Waals surface area contributed by atoms with Crippen molar-refractivity contribution in [3.05, 3.63) is 41.5 Å². The Balaban J connectivity index is 3.18. The third-order valence-electron chi connectivity index (χ3n) is 4.36. The molecule has 0 unspecified atom stereocenters. The molecule has 0 aromatic carbocycles. The van der Waals surface area contributed by atoms with Gasteiger partial charge in [0, 0.05) is 31.6 Å². The van der Waals surface area contributed by atoms with Gasteiger partial charge in [-0.15, -0.1) is 0 Å². The highest BCUT2D eigenvalue weighted by atomic mass is 16.5. The molecule has 1 amide bonds. The van der Waals surface area contributed by atoms with Crippen molar-refractivity contribution in [2.45, 2.75) is 46.5 Å². The van der Waals surface area contributed by atoms with Gasteiger partial charge in [-0.1, -0.05) is 39.7 Å². The lowest BCUT2D eigenvalue weighted by atomic mass is 10.2. The minimum absolute atomic E-state index is 0.556. The molecule has 1 heterocycles. The van der Waals surface area contributed by atoms with Crippen molar-refractivity contribution in [1.29, 1.82) is 0 Å². The van der Waals surface area contributed by atoms with Crippen LogP contribution in [0.3, 0.4) is 0 Å². The summed E-state index contributed by atoms with van der Waals surface area (Å²) in [6.45, 7) is 9.58. The van der Waals surface area contributed by atoms with Gasteiger partial charge in [0.25, 0.3) is 5.91 Å². The molecule has 0 aliphatic rings. The van der Waals surface area contributed by atoms with E-state index in [2.05, 4.69) is 41.3 Å². The molecule has 0 aliphatic carbocycles. The first-order valence-corrected chi connectivity index (χ1v) is 9.78. The third kappa shape index (κ3) is 7.93. The fourth-order valence-corrected chi connectivity index (χ4v) is 2.74. The topological polar surface area (TPSA) is 69.9 Å². The van der Waals surface area contributed by atoms with Crippen LogP contribution < -0.4 is 11.0 Å². The second-order valence-electron chi connectivity index (χ2n) is 6.43. The normalized spacial score (nSPS) is 13.0.